The Balaban J connectivity index is 2.88. The van der Waals surface area contributed by atoms with Crippen molar-refractivity contribution in [1.82, 2.24) is 0 Å². The van der Waals surface area contributed by atoms with E-state index < -0.39 is 36.4 Å². The van der Waals surface area contributed by atoms with Gasteiger partial charge in [-0.15, -0.1) is 0 Å². The summed E-state index contributed by atoms with van der Waals surface area (Å²) in [6.07, 6.45) is 66.0. The Morgan fingerprint density at radius 1 is 0.265 bits per heavy atom. The Bertz CT molecular complexity index is 1400. The average Bonchev–Trinajstić information content (AvgIpc) is 3.63. The molecule has 1 aliphatic rings. The Hall–Kier alpha value is -2.16. The van der Waals surface area contributed by atoms with Gasteiger partial charge in [0.05, 0.1) is 6.61 Å². The molecule has 1 rings (SSSR count). The van der Waals surface area contributed by atoms with Crippen LogP contribution in [-0.2, 0) is 42.9 Å². The van der Waals surface area contributed by atoms with Crippen molar-refractivity contribution in [2.45, 2.75) is 437 Å². The largest absolute Gasteiger partial charge is 0.463 e. The summed E-state index contributed by atoms with van der Waals surface area (Å²) in [4.78, 5) is 54.3. The van der Waals surface area contributed by atoms with Gasteiger partial charge in [-0.1, -0.05) is 362 Å². The van der Waals surface area contributed by atoms with Crippen molar-refractivity contribution in [2.24, 2.45) is 0 Å². The van der Waals surface area contributed by atoms with Gasteiger partial charge in [0.1, 0.15) is 12.7 Å². The molecule has 0 radical (unpaired) electrons. The smallest absolute Gasteiger partial charge is 0.306 e. The molecule has 0 aromatic heterocycles. The van der Waals surface area contributed by atoms with Crippen LogP contribution in [0.15, 0.2) is 0 Å². The number of carbonyl (C=O) groups excluding carboxylic acids is 4. The fourth-order valence-corrected chi connectivity index (χ4v) is 12.1. The number of rotatable bonds is 65. The maximum atomic E-state index is 13.8. The van der Waals surface area contributed by atoms with Crippen LogP contribution in [0.4, 0.5) is 0 Å². The lowest BCUT2D eigenvalue weighted by Crippen LogP contribution is -2.59. The monoisotopic (exact) mass is 1170 g/mol. The van der Waals surface area contributed by atoms with E-state index in [0.29, 0.717) is 19.3 Å². The first kappa shape index (κ1) is 78.9. The minimum atomic E-state index is -1.09. The van der Waals surface area contributed by atoms with Crippen LogP contribution in [0.1, 0.15) is 413 Å². The highest BCUT2D eigenvalue weighted by Gasteiger charge is 2.48. The molecule has 0 amide bonds. The van der Waals surface area contributed by atoms with E-state index in [2.05, 4.69) is 27.7 Å². The van der Waals surface area contributed by atoms with E-state index in [1.54, 1.807) is 0 Å². The van der Waals surface area contributed by atoms with E-state index in [-0.39, 0.29) is 44.4 Å². The lowest BCUT2D eigenvalue weighted by atomic mass is 9.99. The quantitative estimate of drug-likeness (QED) is 0.0334. The number of unbranched alkanes of at least 4 members (excludes halogenated alkanes) is 52. The summed E-state index contributed by atoms with van der Waals surface area (Å²) in [6, 6.07) is 0. The minimum absolute atomic E-state index is 0.0462. The number of esters is 4. The molecule has 0 aromatic carbocycles. The minimum Gasteiger partial charge on any atom is -0.463 e. The van der Waals surface area contributed by atoms with Crippen LogP contribution in [0.3, 0.4) is 0 Å². The molecule has 0 N–H and O–H groups in total. The maximum Gasteiger partial charge on any atom is 0.306 e. The molecule has 4 atom stereocenters. The van der Waals surface area contributed by atoms with Crippen LogP contribution in [0, 0.1) is 0 Å². The van der Waals surface area contributed by atoms with Crippen LogP contribution in [0.25, 0.3) is 0 Å². The zero-order valence-corrected chi connectivity index (χ0v) is 55.8. The average molecular weight is 1170 g/mol. The van der Waals surface area contributed by atoms with E-state index in [1.165, 1.54) is 283 Å². The molecule has 490 valence electrons. The molecule has 1 aliphatic heterocycles. The van der Waals surface area contributed by atoms with Gasteiger partial charge in [0.25, 0.3) is 0 Å². The molecule has 83 heavy (non-hydrogen) atoms. The first-order chi connectivity index (χ1) is 40.9. The molecule has 9 nitrogen and oxygen atoms in total. The van der Waals surface area contributed by atoms with Gasteiger partial charge >= 0.3 is 23.9 Å². The molecule has 0 bridgehead atoms. The van der Waals surface area contributed by atoms with Crippen molar-refractivity contribution in [1.29, 1.82) is 0 Å². The summed E-state index contributed by atoms with van der Waals surface area (Å²) in [5.41, 5.74) is 0. The van der Waals surface area contributed by atoms with Crippen molar-refractivity contribution in [3.8, 4) is 0 Å². The summed E-state index contributed by atoms with van der Waals surface area (Å²) in [5, 5.41) is 0. The first-order valence-corrected chi connectivity index (χ1v) is 37.2. The number of hydrogen-bond acceptors (Lipinski definition) is 9. The van der Waals surface area contributed by atoms with E-state index >= 15 is 0 Å². The van der Waals surface area contributed by atoms with E-state index in [9.17, 15) is 19.2 Å². The van der Waals surface area contributed by atoms with Gasteiger partial charge in [-0.2, -0.15) is 0 Å². The van der Waals surface area contributed by atoms with Crippen LogP contribution < -0.4 is 0 Å². The second-order valence-electron chi connectivity index (χ2n) is 25.9. The second-order valence-corrected chi connectivity index (χ2v) is 25.9. The maximum absolute atomic E-state index is 13.8. The van der Waals surface area contributed by atoms with Gasteiger partial charge in [-0.25, -0.2) is 0 Å². The molecular formula is C74H140O9. The Labute approximate surface area is 515 Å². The van der Waals surface area contributed by atoms with E-state index in [1.807, 2.05) is 0 Å². The van der Waals surface area contributed by atoms with Gasteiger partial charge in [0.2, 0.25) is 0 Å². The van der Waals surface area contributed by atoms with Crippen molar-refractivity contribution in [2.75, 3.05) is 13.2 Å². The highest BCUT2D eigenvalue weighted by molar-refractivity contribution is 5.72. The number of ether oxygens (including phenoxy) is 5. The standard InChI is InChI=1S/C74H140O9/c1-5-9-13-17-21-25-29-33-37-41-45-49-53-57-61-69(75)80-65-67-73(82-71(77)63-59-55-51-47-43-39-35-31-27-23-19-15-11-7-3)74(83-72(78)64-60-56-52-48-44-40-36-32-28-24-20-16-12-8-4)68(66-79-67)81-70(76)62-58-54-50-46-42-38-34-30-26-22-18-14-10-6-2/h67-68,73-74H,5-66H2,1-4H3/t67-,68+,73-,74-/m1/s1. The third kappa shape index (κ3) is 52.7. The number of hydrogen-bond donors (Lipinski definition) is 0. The zero-order chi connectivity index (χ0) is 60.0. The first-order valence-electron chi connectivity index (χ1n) is 37.2. The van der Waals surface area contributed by atoms with Gasteiger partial charge < -0.3 is 23.7 Å². The van der Waals surface area contributed by atoms with Crippen LogP contribution in [-0.4, -0.2) is 61.5 Å². The van der Waals surface area contributed by atoms with Crippen LogP contribution in [0.2, 0.25) is 0 Å². The Morgan fingerprint density at radius 3 is 0.723 bits per heavy atom. The summed E-state index contributed by atoms with van der Waals surface area (Å²) in [5.74, 6) is -1.48. The molecule has 9 heteroatoms. The summed E-state index contributed by atoms with van der Waals surface area (Å²) in [7, 11) is 0. The number of carbonyl (C=O) groups is 4. The fraction of sp³-hybridized carbons (Fsp3) is 0.946. The van der Waals surface area contributed by atoms with E-state index in [0.717, 1.165) is 64.2 Å². The van der Waals surface area contributed by atoms with Crippen LogP contribution in [0.5, 0.6) is 0 Å². The Morgan fingerprint density at radius 2 is 0.470 bits per heavy atom. The molecule has 1 heterocycles. The van der Waals surface area contributed by atoms with Crippen LogP contribution >= 0.6 is 0 Å². The molecule has 1 fully saturated rings. The third-order valence-electron chi connectivity index (χ3n) is 17.7. The molecule has 0 spiro atoms. The topological polar surface area (TPSA) is 114 Å². The SMILES string of the molecule is CCCCCCCCCCCCCCCCC(=O)OC[C@H]1OC[C@H](OC(=O)CCCCCCCCCCCCCCCC)[C@@H](OC(=O)CCCCCCCCCCCCCCCC)[C@@H]1OC(=O)CCCCCCCCCCCCCCCC. The second kappa shape index (κ2) is 62.9. The van der Waals surface area contributed by atoms with Gasteiger partial charge in [0.15, 0.2) is 18.3 Å². The van der Waals surface area contributed by atoms with E-state index in [4.69, 9.17) is 23.7 Å². The Kier molecular flexibility index (Phi) is 59.7. The lowest BCUT2D eigenvalue weighted by Gasteiger charge is -2.40. The summed E-state index contributed by atoms with van der Waals surface area (Å²) >= 11 is 0. The predicted molar refractivity (Wildman–Crippen MR) is 350 cm³/mol. The molecule has 1 saturated heterocycles. The highest BCUT2D eigenvalue weighted by atomic mass is 16.7. The van der Waals surface area contributed by atoms with Gasteiger partial charge in [0, 0.05) is 25.7 Å². The normalized spacial score (nSPS) is 16.1. The lowest BCUT2D eigenvalue weighted by molar-refractivity contribution is -0.233. The molecule has 0 aromatic rings. The molecule has 0 aliphatic carbocycles. The molecule has 0 unspecified atom stereocenters. The van der Waals surface area contributed by atoms with Gasteiger partial charge in [-0.3, -0.25) is 19.2 Å². The predicted octanol–water partition coefficient (Wildman–Crippen LogP) is 23.1. The van der Waals surface area contributed by atoms with Crippen molar-refractivity contribution >= 4 is 23.9 Å². The van der Waals surface area contributed by atoms with Crippen molar-refractivity contribution in [3.05, 3.63) is 0 Å². The van der Waals surface area contributed by atoms with Gasteiger partial charge in [-0.05, 0) is 25.7 Å². The fourth-order valence-electron chi connectivity index (χ4n) is 12.1. The highest BCUT2D eigenvalue weighted by Crippen LogP contribution is 2.28. The van der Waals surface area contributed by atoms with Crippen molar-refractivity contribution in [3.63, 3.8) is 0 Å². The summed E-state index contributed by atoms with van der Waals surface area (Å²) < 4.78 is 30.8. The van der Waals surface area contributed by atoms with Crippen molar-refractivity contribution < 1.29 is 42.9 Å². The molecule has 0 saturated carbocycles. The molecular weight excluding hydrogens is 1030 g/mol. The summed E-state index contributed by atoms with van der Waals surface area (Å²) in [6.45, 7) is 8.90. The third-order valence-corrected chi connectivity index (χ3v) is 17.7. The zero-order valence-electron chi connectivity index (χ0n) is 55.8.